The maximum absolute atomic E-state index is 12.1. The number of aliphatic hydroxyl groups excluding tert-OH is 1. The molecule has 3 aromatic carbocycles. The van der Waals surface area contributed by atoms with Crippen molar-refractivity contribution in [2.45, 2.75) is 70.9 Å². The zero-order chi connectivity index (χ0) is 37.3. The summed E-state index contributed by atoms with van der Waals surface area (Å²) in [5, 5.41) is 30.0. The Labute approximate surface area is 320 Å². The smallest absolute Gasteiger partial charge is 0.320 e. The summed E-state index contributed by atoms with van der Waals surface area (Å²) < 4.78 is 18.8. The molecule has 1 aromatic heterocycles. The number of hydrogen-bond donors (Lipinski definition) is 2. The van der Waals surface area contributed by atoms with Gasteiger partial charge in [0.2, 0.25) is 0 Å². The maximum atomic E-state index is 12.1. The fourth-order valence-electron chi connectivity index (χ4n) is 7.01. The third-order valence-corrected chi connectivity index (χ3v) is 10.6. The highest BCUT2D eigenvalue weighted by molar-refractivity contribution is 6.35. The summed E-state index contributed by atoms with van der Waals surface area (Å²) in [6.45, 7) is 6.32. The molecule has 12 heteroatoms. The van der Waals surface area contributed by atoms with Gasteiger partial charge in [0.05, 0.1) is 23.3 Å². The Bertz CT molecular complexity index is 1950. The Morgan fingerprint density at radius 3 is 2.51 bits per heavy atom. The molecule has 0 spiro atoms. The monoisotopic (exact) mass is 758 g/mol. The van der Waals surface area contributed by atoms with Gasteiger partial charge in [0.25, 0.3) is 0 Å². The first-order chi connectivity index (χ1) is 25.7. The quantitative estimate of drug-likeness (QED) is 0.117. The van der Waals surface area contributed by atoms with Crippen LogP contribution in [0.4, 0.5) is 0 Å². The molecule has 2 fully saturated rings. The number of halogens is 2. The highest BCUT2D eigenvalue weighted by Crippen LogP contribution is 2.40. The lowest BCUT2D eigenvalue weighted by molar-refractivity contribution is -0.144. The lowest BCUT2D eigenvalue weighted by Crippen LogP contribution is -2.44. The zero-order valence-corrected chi connectivity index (χ0v) is 31.3. The van der Waals surface area contributed by atoms with Gasteiger partial charge in [0, 0.05) is 65.8 Å². The minimum Gasteiger partial charge on any atom is -0.492 e. The van der Waals surface area contributed by atoms with Crippen LogP contribution in [0.2, 0.25) is 10.0 Å². The number of piperidine rings is 1. The van der Waals surface area contributed by atoms with Crippen molar-refractivity contribution in [2.24, 2.45) is 0 Å². The van der Waals surface area contributed by atoms with Crippen LogP contribution in [-0.2, 0) is 24.6 Å². The van der Waals surface area contributed by atoms with E-state index in [2.05, 4.69) is 16.0 Å². The van der Waals surface area contributed by atoms with Crippen LogP contribution in [0.5, 0.6) is 17.2 Å². The van der Waals surface area contributed by atoms with E-state index >= 15 is 0 Å². The first kappa shape index (κ1) is 38.4. The summed E-state index contributed by atoms with van der Waals surface area (Å²) in [6, 6.07) is 18.5. The Hall–Kier alpha value is -4.37. The molecule has 2 aliphatic heterocycles. The molecule has 278 valence electrons. The van der Waals surface area contributed by atoms with Crippen molar-refractivity contribution in [3.05, 3.63) is 105 Å². The molecule has 0 aliphatic carbocycles. The van der Waals surface area contributed by atoms with Crippen LogP contribution < -0.4 is 14.2 Å². The SMILES string of the molecule is Cc1c(OCc2cc(OCc3cncc(C#N)c3)c(CN3CCCC[C@H]3C(=O)O)cc2Cl)cccc1-c1cccc(OCCCN2CC[C@@H](O)C2)c1Cl. The highest BCUT2D eigenvalue weighted by atomic mass is 35.5. The van der Waals surface area contributed by atoms with Crippen molar-refractivity contribution < 1.29 is 29.2 Å². The van der Waals surface area contributed by atoms with Crippen LogP contribution in [0.3, 0.4) is 0 Å². The van der Waals surface area contributed by atoms with Gasteiger partial charge < -0.3 is 29.3 Å². The molecule has 2 N–H and O–H groups in total. The third-order valence-electron chi connectivity index (χ3n) is 9.86. The number of aliphatic hydroxyl groups is 1. The van der Waals surface area contributed by atoms with E-state index in [1.54, 1.807) is 12.3 Å². The topological polar surface area (TPSA) is 128 Å². The Morgan fingerprint density at radius 1 is 0.943 bits per heavy atom. The van der Waals surface area contributed by atoms with E-state index in [1.807, 2.05) is 60.4 Å². The molecule has 53 heavy (non-hydrogen) atoms. The number of carboxylic acids is 1. The third kappa shape index (κ3) is 9.79. The maximum Gasteiger partial charge on any atom is 0.320 e. The van der Waals surface area contributed by atoms with Crippen molar-refractivity contribution in [1.82, 2.24) is 14.8 Å². The summed E-state index contributed by atoms with van der Waals surface area (Å²) >= 11 is 13.8. The highest BCUT2D eigenvalue weighted by Gasteiger charge is 2.29. The molecule has 0 radical (unpaired) electrons. The van der Waals surface area contributed by atoms with E-state index in [0.717, 1.165) is 66.6 Å². The molecule has 0 bridgehead atoms. The number of carbonyl (C=O) groups is 1. The Kier molecular flexibility index (Phi) is 13.1. The zero-order valence-electron chi connectivity index (χ0n) is 29.8. The van der Waals surface area contributed by atoms with E-state index in [1.165, 1.54) is 6.20 Å². The first-order valence-electron chi connectivity index (χ1n) is 18.0. The van der Waals surface area contributed by atoms with Crippen molar-refractivity contribution in [2.75, 3.05) is 32.8 Å². The van der Waals surface area contributed by atoms with Crippen LogP contribution in [0.1, 0.15) is 59.9 Å². The molecule has 0 unspecified atom stereocenters. The van der Waals surface area contributed by atoms with E-state index in [4.69, 9.17) is 37.4 Å². The van der Waals surface area contributed by atoms with Gasteiger partial charge in [-0.15, -0.1) is 0 Å². The molecule has 4 aromatic rings. The second-order valence-corrected chi connectivity index (χ2v) is 14.4. The molecular weight excluding hydrogens is 715 g/mol. The van der Waals surface area contributed by atoms with E-state index < -0.39 is 12.0 Å². The van der Waals surface area contributed by atoms with Gasteiger partial charge in [-0.25, -0.2) is 0 Å². The molecule has 2 saturated heterocycles. The molecule has 0 saturated carbocycles. The number of ether oxygens (including phenoxy) is 3. The number of benzene rings is 3. The van der Waals surface area contributed by atoms with E-state index in [0.29, 0.717) is 71.1 Å². The number of pyridine rings is 1. The van der Waals surface area contributed by atoms with Gasteiger partial charge in [-0.05, 0) is 80.6 Å². The molecule has 2 aliphatic rings. The lowest BCUT2D eigenvalue weighted by atomic mass is 9.99. The minimum atomic E-state index is -0.837. The van der Waals surface area contributed by atoms with Crippen molar-refractivity contribution >= 4 is 29.2 Å². The summed E-state index contributed by atoms with van der Waals surface area (Å²) in [7, 11) is 0. The second-order valence-electron chi connectivity index (χ2n) is 13.6. The summed E-state index contributed by atoms with van der Waals surface area (Å²) in [6.07, 6.45) is 6.93. The van der Waals surface area contributed by atoms with Gasteiger partial charge >= 0.3 is 5.97 Å². The van der Waals surface area contributed by atoms with Crippen LogP contribution in [0, 0.1) is 18.3 Å². The van der Waals surface area contributed by atoms with Gasteiger partial charge in [-0.1, -0.05) is 53.9 Å². The average molecular weight is 760 g/mol. The molecule has 6 rings (SSSR count). The Morgan fingerprint density at radius 2 is 1.74 bits per heavy atom. The second kappa shape index (κ2) is 18.1. The van der Waals surface area contributed by atoms with Crippen molar-refractivity contribution in [3.63, 3.8) is 0 Å². The van der Waals surface area contributed by atoms with Crippen LogP contribution in [-0.4, -0.2) is 75.9 Å². The standard InChI is InChI=1S/C41H44Cl2N4O6/c1-27-33(34-8-5-11-38(40(34)43)51-16-6-13-46-15-12-32(48)24-46)7-4-10-37(27)53-26-31-19-39(52-25-29-17-28(20-44)21-45-22-29)30(18-35(31)42)23-47-14-3-2-9-36(47)41(49)50/h4-5,7-8,10-11,17-19,21-22,32,36,48H,2-3,6,9,12-16,23-26H2,1H3,(H,49,50)/t32-,36+/m1/s1. The largest absolute Gasteiger partial charge is 0.492 e. The number of nitrogens with zero attached hydrogens (tertiary/aromatic N) is 4. The van der Waals surface area contributed by atoms with Gasteiger partial charge in [0.1, 0.15) is 42.6 Å². The molecule has 2 atom stereocenters. The number of hydrogen-bond acceptors (Lipinski definition) is 9. The predicted molar refractivity (Wildman–Crippen MR) is 204 cm³/mol. The van der Waals surface area contributed by atoms with Gasteiger partial charge in [-0.3, -0.25) is 14.7 Å². The van der Waals surface area contributed by atoms with Crippen LogP contribution >= 0.6 is 23.2 Å². The van der Waals surface area contributed by atoms with E-state index in [9.17, 15) is 20.3 Å². The van der Waals surface area contributed by atoms with E-state index in [-0.39, 0.29) is 19.3 Å². The number of likely N-dealkylation sites (tertiary alicyclic amines) is 2. The van der Waals surface area contributed by atoms with Crippen LogP contribution in [0.15, 0.2) is 67.0 Å². The number of aliphatic carboxylic acids is 1. The predicted octanol–water partition coefficient (Wildman–Crippen LogP) is 7.67. The lowest BCUT2D eigenvalue weighted by Gasteiger charge is -2.33. The van der Waals surface area contributed by atoms with Gasteiger partial charge in [0.15, 0.2) is 0 Å². The average Bonchev–Trinajstić information content (AvgIpc) is 3.58. The molecule has 3 heterocycles. The number of rotatable bonds is 15. The number of nitriles is 1. The number of carboxylic acid groups (broad SMARTS) is 1. The number of β-amino-alcohol motifs (C(OH)–C–C–N with tert-alkyl or cyclic N) is 1. The number of aromatic nitrogens is 1. The fraction of sp³-hybridized carbons (Fsp3) is 0.390. The summed E-state index contributed by atoms with van der Waals surface area (Å²) in [4.78, 5) is 20.4. The molecular formula is C41H44Cl2N4O6. The minimum absolute atomic E-state index is 0.150. The van der Waals surface area contributed by atoms with Crippen LogP contribution in [0.25, 0.3) is 11.1 Å². The molecule has 10 nitrogen and oxygen atoms in total. The van der Waals surface area contributed by atoms with Crippen molar-refractivity contribution in [1.29, 1.82) is 5.26 Å². The fourth-order valence-corrected chi connectivity index (χ4v) is 7.53. The summed E-state index contributed by atoms with van der Waals surface area (Å²) in [5.41, 5.74) is 5.27. The molecule has 0 amide bonds. The Balaban J connectivity index is 1.18. The normalized spacial score (nSPS) is 17.7. The summed E-state index contributed by atoms with van der Waals surface area (Å²) in [5.74, 6) is 0.996. The van der Waals surface area contributed by atoms with Crippen molar-refractivity contribution in [3.8, 4) is 34.4 Å². The van der Waals surface area contributed by atoms with Gasteiger partial charge in [-0.2, -0.15) is 5.26 Å². The first-order valence-corrected chi connectivity index (χ1v) is 18.7.